The first-order valence-electron chi connectivity index (χ1n) is 9.72. The normalized spacial score (nSPS) is 20.3. The summed E-state index contributed by atoms with van der Waals surface area (Å²) in [6, 6.07) is 14.6. The minimum atomic E-state index is -0.230. The van der Waals surface area contributed by atoms with E-state index in [9.17, 15) is 4.79 Å². The number of fused-ring (bicyclic) bond motifs is 1. The van der Waals surface area contributed by atoms with Crippen LogP contribution in [0.5, 0.6) is 11.5 Å². The topological polar surface area (TPSA) is 102 Å². The van der Waals surface area contributed by atoms with Gasteiger partial charge in [0.25, 0.3) is 0 Å². The van der Waals surface area contributed by atoms with Gasteiger partial charge in [-0.3, -0.25) is 4.90 Å². The fraction of sp³-hybridized carbons (Fsp3) is 0.286. The van der Waals surface area contributed by atoms with E-state index < -0.39 is 0 Å². The molecule has 2 N–H and O–H groups in total. The largest absolute Gasteiger partial charge is 0.454 e. The fourth-order valence-corrected chi connectivity index (χ4v) is 3.79. The molecule has 0 bridgehead atoms. The van der Waals surface area contributed by atoms with Crippen molar-refractivity contribution in [1.82, 2.24) is 20.4 Å². The van der Waals surface area contributed by atoms with Gasteiger partial charge in [0.05, 0.1) is 6.04 Å². The van der Waals surface area contributed by atoms with E-state index in [1.807, 2.05) is 55.6 Å². The van der Waals surface area contributed by atoms with Crippen LogP contribution in [0.15, 0.2) is 53.1 Å². The Labute approximate surface area is 173 Å². The molecule has 1 saturated heterocycles. The molecule has 30 heavy (non-hydrogen) atoms. The minimum Gasteiger partial charge on any atom is -0.454 e. The Morgan fingerprint density at radius 1 is 1.13 bits per heavy atom. The quantitative estimate of drug-likeness (QED) is 0.685. The number of carbonyl (C=O) groups is 1. The Hall–Kier alpha value is -3.59. The molecule has 2 amide bonds. The summed E-state index contributed by atoms with van der Waals surface area (Å²) in [6.45, 7) is 0.907. The van der Waals surface area contributed by atoms with Crippen molar-refractivity contribution >= 4 is 11.7 Å². The lowest BCUT2D eigenvalue weighted by Crippen LogP contribution is -2.39. The molecule has 0 spiro atoms. The van der Waals surface area contributed by atoms with Crippen LogP contribution in [0.2, 0.25) is 0 Å². The van der Waals surface area contributed by atoms with Gasteiger partial charge in [-0.1, -0.05) is 23.4 Å². The number of urea groups is 1. The Balaban J connectivity index is 1.24. The van der Waals surface area contributed by atoms with E-state index in [1.165, 1.54) is 0 Å². The number of aromatic nitrogens is 2. The predicted octanol–water partition coefficient (Wildman–Crippen LogP) is 3.03. The number of likely N-dealkylation sites (N-methyl/N-ethyl adjacent to an activating group) is 1. The smallest absolute Gasteiger partial charge is 0.319 e. The summed E-state index contributed by atoms with van der Waals surface area (Å²) in [7, 11) is 1.98. The molecule has 2 aliphatic rings. The summed E-state index contributed by atoms with van der Waals surface area (Å²) in [5.74, 6) is 2.40. The Morgan fingerprint density at radius 2 is 1.97 bits per heavy atom. The van der Waals surface area contributed by atoms with Gasteiger partial charge in [-0.15, -0.1) is 0 Å². The summed E-state index contributed by atoms with van der Waals surface area (Å²) in [4.78, 5) is 19.0. The lowest BCUT2D eigenvalue weighted by molar-refractivity contribution is 0.174. The lowest BCUT2D eigenvalue weighted by atomic mass is 10.1. The average Bonchev–Trinajstić information content (AvgIpc) is 3.47. The van der Waals surface area contributed by atoms with Gasteiger partial charge in [0.1, 0.15) is 0 Å². The standard InChI is InChI=1S/C21H21N5O4/c1-26-11-15(23-21(27)22-14-5-3-2-4-6-14)10-16(26)20-24-19(25-30-20)13-7-8-17-18(9-13)29-12-28-17/h2-9,15-16H,10-12H2,1H3,(H2,22,23,27)/t15-,16-/m0/s1. The van der Waals surface area contributed by atoms with Gasteiger partial charge in [-0.2, -0.15) is 4.98 Å². The Bertz CT molecular complexity index is 1050. The predicted molar refractivity (Wildman–Crippen MR) is 108 cm³/mol. The molecule has 9 heteroatoms. The third kappa shape index (κ3) is 3.67. The van der Waals surface area contributed by atoms with Gasteiger partial charge in [-0.05, 0) is 43.8 Å². The Morgan fingerprint density at radius 3 is 2.83 bits per heavy atom. The summed E-state index contributed by atoms with van der Waals surface area (Å²) in [5.41, 5.74) is 1.55. The SMILES string of the molecule is CN1C[C@@H](NC(=O)Nc2ccccc2)C[C@H]1c1nc(-c2ccc3c(c2)OCO3)no1. The zero-order valence-corrected chi connectivity index (χ0v) is 16.4. The monoisotopic (exact) mass is 407 g/mol. The minimum absolute atomic E-state index is 0.0235. The summed E-state index contributed by atoms with van der Waals surface area (Å²) in [6.07, 6.45) is 0.682. The number of amides is 2. The molecule has 154 valence electrons. The van der Waals surface area contributed by atoms with E-state index in [0.717, 1.165) is 11.3 Å². The highest BCUT2D eigenvalue weighted by Gasteiger charge is 2.35. The first-order valence-corrected chi connectivity index (χ1v) is 9.72. The number of rotatable bonds is 4. The van der Waals surface area contributed by atoms with Crippen molar-refractivity contribution < 1.29 is 18.8 Å². The number of ether oxygens (including phenoxy) is 2. The number of anilines is 1. The van der Waals surface area contributed by atoms with Crippen LogP contribution in [0.25, 0.3) is 11.4 Å². The average molecular weight is 407 g/mol. The number of carbonyl (C=O) groups excluding carboxylic acids is 1. The van der Waals surface area contributed by atoms with Crippen molar-refractivity contribution in [3.63, 3.8) is 0 Å². The van der Waals surface area contributed by atoms with Crippen molar-refractivity contribution in [3.8, 4) is 22.9 Å². The highest BCUT2D eigenvalue weighted by Crippen LogP contribution is 2.36. The number of hydrogen-bond donors (Lipinski definition) is 2. The van der Waals surface area contributed by atoms with Crippen LogP contribution in [0, 0.1) is 0 Å². The number of nitrogens with one attached hydrogen (secondary N) is 2. The summed E-state index contributed by atoms with van der Waals surface area (Å²) in [5, 5.41) is 9.98. The van der Waals surface area contributed by atoms with E-state index in [2.05, 4.69) is 25.7 Å². The molecule has 9 nitrogen and oxygen atoms in total. The van der Waals surface area contributed by atoms with E-state index in [0.29, 0.717) is 36.2 Å². The van der Waals surface area contributed by atoms with Crippen LogP contribution in [-0.4, -0.2) is 47.5 Å². The van der Waals surface area contributed by atoms with Crippen LogP contribution in [0.4, 0.5) is 10.5 Å². The van der Waals surface area contributed by atoms with Gasteiger partial charge in [0.15, 0.2) is 11.5 Å². The third-order valence-corrected chi connectivity index (χ3v) is 5.27. The number of benzene rings is 2. The molecule has 2 atom stereocenters. The molecule has 2 aromatic carbocycles. The summed E-state index contributed by atoms with van der Waals surface area (Å²) >= 11 is 0. The van der Waals surface area contributed by atoms with Crippen LogP contribution >= 0.6 is 0 Å². The highest BCUT2D eigenvalue weighted by atomic mass is 16.7. The van der Waals surface area contributed by atoms with Gasteiger partial charge in [0.2, 0.25) is 18.5 Å². The molecule has 2 aliphatic heterocycles. The van der Waals surface area contributed by atoms with Crippen LogP contribution in [0.1, 0.15) is 18.4 Å². The molecule has 0 radical (unpaired) electrons. The Kier molecular flexibility index (Phi) is 4.72. The van der Waals surface area contributed by atoms with Crippen LogP contribution in [-0.2, 0) is 0 Å². The molecular weight excluding hydrogens is 386 g/mol. The molecule has 3 aromatic rings. The zero-order chi connectivity index (χ0) is 20.5. The second-order valence-electron chi connectivity index (χ2n) is 7.38. The molecule has 0 unspecified atom stereocenters. The van der Waals surface area contributed by atoms with Crippen molar-refractivity contribution in [1.29, 1.82) is 0 Å². The number of nitrogens with zero attached hydrogens (tertiary/aromatic N) is 3. The second-order valence-corrected chi connectivity index (χ2v) is 7.38. The van der Waals surface area contributed by atoms with Crippen molar-refractivity contribution in [2.75, 3.05) is 25.7 Å². The number of likely N-dealkylation sites (tertiary alicyclic amines) is 1. The van der Waals surface area contributed by atoms with Gasteiger partial charge < -0.3 is 24.6 Å². The first-order chi connectivity index (χ1) is 14.7. The van der Waals surface area contributed by atoms with Gasteiger partial charge in [0, 0.05) is 23.8 Å². The molecule has 5 rings (SSSR count). The molecule has 3 heterocycles. The molecular formula is C21H21N5O4. The maximum atomic E-state index is 12.3. The maximum absolute atomic E-state index is 12.3. The maximum Gasteiger partial charge on any atom is 0.319 e. The zero-order valence-electron chi connectivity index (χ0n) is 16.4. The van der Waals surface area contributed by atoms with Crippen molar-refractivity contribution in [2.45, 2.75) is 18.5 Å². The second kappa shape index (κ2) is 7.68. The number of para-hydroxylation sites is 1. The van der Waals surface area contributed by atoms with Crippen molar-refractivity contribution in [2.24, 2.45) is 0 Å². The van der Waals surface area contributed by atoms with Gasteiger partial charge in [-0.25, -0.2) is 4.79 Å². The summed E-state index contributed by atoms with van der Waals surface area (Å²) < 4.78 is 16.3. The van der Waals surface area contributed by atoms with E-state index in [4.69, 9.17) is 14.0 Å². The van der Waals surface area contributed by atoms with E-state index in [-0.39, 0.29) is 24.9 Å². The van der Waals surface area contributed by atoms with Gasteiger partial charge >= 0.3 is 6.03 Å². The fourth-order valence-electron chi connectivity index (χ4n) is 3.79. The first kappa shape index (κ1) is 18.4. The van der Waals surface area contributed by atoms with Crippen molar-refractivity contribution in [3.05, 3.63) is 54.4 Å². The molecule has 0 aliphatic carbocycles. The van der Waals surface area contributed by atoms with Crippen LogP contribution in [0.3, 0.4) is 0 Å². The number of hydrogen-bond acceptors (Lipinski definition) is 7. The molecule has 0 saturated carbocycles. The molecule has 1 fully saturated rings. The lowest BCUT2D eigenvalue weighted by Gasteiger charge is -2.14. The van der Waals surface area contributed by atoms with Crippen LogP contribution < -0.4 is 20.1 Å². The highest BCUT2D eigenvalue weighted by molar-refractivity contribution is 5.89. The molecule has 1 aromatic heterocycles. The van der Waals surface area contributed by atoms with E-state index in [1.54, 1.807) is 0 Å². The van der Waals surface area contributed by atoms with E-state index >= 15 is 0 Å². The third-order valence-electron chi connectivity index (χ3n) is 5.27.